The van der Waals surface area contributed by atoms with Crippen molar-refractivity contribution in [3.05, 3.63) is 46.5 Å². The summed E-state index contributed by atoms with van der Waals surface area (Å²) in [5.74, 6) is -0.329. The second-order valence-corrected chi connectivity index (χ2v) is 7.05. The van der Waals surface area contributed by atoms with Crippen LogP contribution in [0.25, 0.3) is 5.69 Å². The summed E-state index contributed by atoms with van der Waals surface area (Å²) in [6.45, 7) is 6.18. The number of carbonyl (C=O) groups is 1. The Morgan fingerprint density at radius 2 is 2.20 bits per heavy atom. The molecule has 0 spiro atoms. The number of aromatic nitrogens is 2. The largest absolute Gasteiger partial charge is 0.332 e. The van der Waals surface area contributed by atoms with Crippen LogP contribution in [0.1, 0.15) is 40.7 Å². The van der Waals surface area contributed by atoms with Gasteiger partial charge in [0.25, 0.3) is 5.91 Å². The van der Waals surface area contributed by atoms with E-state index in [1.165, 1.54) is 6.07 Å². The van der Waals surface area contributed by atoms with Crippen LogP contribution in [0, 0.1) is 12.7 Å². The SMILES string of the molecule is Cc1ccc(-n2nc(C(=O)N3CCNCC3C)c3c2CCC3)c(F)c1. The van der Waals surface area contributed by atoms with Gasteiger partial charge < -0.3 is 10.2 Å². The zero-order chi connectivity index (χ0) is 17.6. The van der Waals surface area contributed by atoms with Gasteiger partial charge >= 0.3 is 0 Å². The van der Waals surface area contributed by atoms with E-state index in [9.17, 15) is 9.18 Å². The van der Waals surface area contributed by atoms with Gasteiger partial charge in [-0.05, 0) is 50.8 Å². The van der Waals surface area contributed by atoms with E-state index in [1.807, 2.05) is 24.8 Å². The molecule has 6 heteroatoms. The highest BCUT2D eigenvalue weighted by atomic mass is 19.1. The predicted octanol–water partition coefficient (Wildman–Crippen LogP) is 2.24. The molecule has 1 aromatic carbocycles. The van der Waals surface area contributed by atoms with Gasteiger partial charge in [0.15, 0.2) is 5.69 Å². The summed E-state index contributed by atoms with van der Waals surface area (Å²) in [6.07, 6.45) is 2.66. The standard InChI is InChI=1S/C19H23FN4O/c1-12-6-7-17(15(20)10-12)24-16-5-3-4-14(16)18(22-24)19(25)23-9-8-21-11-13(23)2/h6-7,10,13,21H,3-5,8-9,11H2,1-2H3. The second-order valence-electron chi connectivity index (χ2n) is 7.05. The first kappa shape index (κ1) is 16.3. The van der Waals surface area contributed by atoms with Gasteiger partial charge in [0, 0.05) is 36.9 Å². The first-order valence-electron chi connectivity index (χ1n) is 8.95. The number of halogens is 1. The minimum atomic E-state index is -0.299. The summed E-state index contributed by atoms with van der Waals surface area (Å²) in [5, 5.41) is 7.87. The van der Waals surface area contributed by atoms with Crippen LogP contribution >= 0.6 is 0 Å². The van der Waals surface area contributed by atoms with Crippen LogP contribution in [0.2, 0.25) is 0 Å². The highest BCUT2D eigenvalue weighted by molar-refractivity contribution is 5.94. The number of amides is 1. The van der Waals surface area contributed by atoms with E-state index in [0.29, 0.717) is 17.9 Å². The molecule has 25 heavy (non-hydrogen) atoms. The van der Waals surface area contributed by atoms with Crippen LogP contribution in [0.3, 0.4) is 0 Å². The summed E-state index contributed by atoms with van der Waals surface area (Å²) in [6, 6.07) is 5.27. The van der Waals surface area contributed by atoms with E-state index in [-0.39, 0.29) is 17.8 Å². The molecule has 1 N–H and O–H groups in total. The number of carbonyl (C=O) groups excluding carboxylic acids is 1. The van der Waals surface area contributed by atoms with E-state index in [2.05, 4.69) is 10.4 Å². The molecule has 1 atom stereocenters. The fraction of sp³-hybridized carbons (Fsp3) is 0.474. The Hall–Kier alpha value is -2.21. The fourth-order valence-corrected chi connectivity index (χ4v) is 3.87. The van der Waals surface area contributed by atoms with Crippen LogP contribution in [0.15, 0.2) is 18.2 Å². The Kier molecular flexibility index (Phi) is 4.07. The Balaban J connectivity index is 1.76. The topological polar surface area (TPSA) is 50.2 Å². The molecule has 1 aliphatic heterocycles. The zero-order valence-electron chi connectivity index (χ0n) is 14.7. The van der Waals surface area contributed by atoms with Gasteiger partial charge in [-0.25, -0.2) is 9.07 Å². The third-order valence-corrected chi connectivity index (χ3v) is 5.23. The first-order chi connectivity index (χ1) is 12.1. The number of fused-ring (bicyclic) bond motifs is 1. The van der Waals surface area contributed by atoms with E-state index in [1.54, 1.807) is 10.7 Å². The molecule has 132 valence electrons. The van der Waals surface area contributed by atoms with Crippen molar-refractivity contribution in [3.8, 4) is 5.69 Å². The lowest BCUT2D eigenvalue weighted by Crippen LogP contribution is -2.52. The lowest BCUT2D eigenvalue weighted by molar-refractivity contribution is 0.0648. The molecular formula is C19H23FN4O. The number of hydrogen-bond donors (Lipinski definition) is 1. The van der Waals surface area contributed by atoms with E-state index in [0.717, 1.165) is 49.2 Å². The van der Waals surface area contributed by atoms with Crippen LogP contribution < -0.4 is 5.32 Å². The van der Waals surface area contributed by atoms with Crippen LogP contribution in [-0.2, 0) is 12.8 Å². The Morgan fingerprint density at radius 1 is 1.36 bits per heavy atom. The van der Waals surface area contributed by atoms with Gasteiger partial charge in [-0.3, -0.25) is 4.79 Å². The molecule has 1 unspecified atom stereocenters. The highest BCUT2D eigenvalue weighted by Gasteiger charge is 2.32. The third-order valence-electron chi connectivity index (χ3n) is 5.23. The normalized spacial score (nSPS) is 20.0. The number of hydrogen-bond acceptors (Lipinski definition) is 3. The molecular weight excluding hydrogens is 319 g/mol. The maximum atomic E-state index is 14.5. The Morgan fingerprint density at radius 3 is 2.96 bits per heavy atom. The summed E-state index contributed by atoms with van der Waals surface area (Å²) in [5.41, 5.74) is 3.78. The maximum absolute atomic E-state index is 14.5. The molecule has 0 radical (unpaired) electrons. The van der Waals surface area contributed by atoms with E-state index >= 15 is 0 Å². The maximum Gasteiger partial charge on any atom is 0.274 e. The van der Waals surface area contributed by atoms with Gasteiger partial charge in [-0.15, -0.1) is 0 Å². The monoisotopic (exact) mass is 342 g/mol. The quantitative estimate of drug-likeness (QED) is 0.911. The summed E-state index contributed by atoms with van der Waals surface area (Å²) < 4.78 is 16.1. The smallest absolute Gasteiger partial charge is 0.274 e. The molecule has 1 amide bonds. The van der Waals surface area contributed by atoms with Crippen LogP contribution in [0.4, 0.5) is 4.39 Å². The van der Waals surface area contributed by atoms with Gasteiger partial charge in [0.2, 0.25) is 0 Å². The van der Waals surface area contributed by atoms with E-state index < -0.39 is 0 Å². The molecule has 2 aliphatic rings. The number of nitrogens with one attached hydrogen (secondary N) is 1. The fourth-order valence-electron chi connectivity index (χ4n) is 3.87. The Labute approximate surface area is 146 Å². The average Bonchev–Trinajstić information content (AvgIpc) is 3.18. The second kappa shape index (κ2) is 6.26. The van der Waals surface area contributed by atoms with Crippen molar-refractivity contribution in [1.82, 2.24) is 20.0 Å². The van der Waals surface area contributed by atoms with Crippen molar-refractivity contribution >= 4 is 5.91 Å². The van der Waals surface area contributed by atoms with Gasteiger partial charge in [-0.2, -0.15) is 5.10 Å². The third kappa shape index (κ3) is 2.74. The number of piperazine rings is 1. The van der Waals surface area contributed by atoms with Crippen molar-refractivity contribution in [3.63, 3.8) is 0 Å². The lowest BCUT2D eigenvalue weighted by atomic mass is 10.1. The molecule has 0 bridgehead atoms. The molecule has 1 aliphatic carbocycles. The molecule has 2 aromatic rings. The molecule has 1 aromatic heterocycles. The number of rotatable bonds is 2. The number of aryl methyl sites for hydroxylation is 1. The van der Waals surface area contributed by atoms with Crippen molar-refractivity contribution in [2.75, 3.05) is 19.6 Å². The van der Waals surface area contributed by atoms with Crippen molar-refractivity contribution in [2.45, 2.75) is 39.2 Å². The molecule has 1 saturated heterocycles. The lowest BCUT2D eigenvalue weighted by Gasteiger charge is -2.33. The minimum Gasteiger partial charge on any atom is -0.332 e. The van der Waals surface area contributed by atoms with E-state index in [4.69, 9.17) is 0 Å². The summed E-state index contributed by atoms with van der Waals surface area (Å²) in [4.78, 5) is 15.0. The highest BCUT2D eigenvalue weighted by Crippen LogP contribution is 2.30. The number of nitrogens with zero attached hydrogens (tertiary/aromatic N) is 3. The van der Waals surface area contributed by atoms with Crippen LogP contribution in [-0.4, -0.2) is 46.3 Å². The van der Waals surface area contributed by atoms with Crippen LogP contribution in [0.5, 0.6) is 0 Å². The van der Waals surface area contributed by atoms with Crippen molar-refractivity contribution < 1.29 is 9.18 Å². The Bertz CT molecular complexity index is 829. The summed E-state index contributed by atoms with van der Waals surface area (Å²) in [7, 11) is 0. The zero-order valence-corrected chi connectivity index (χ0v) is 14.7. The molecule has 5 nitrogen and oxygen atoms in total. The van der Waals surface area contributed by atoms with Crippen molar-refractivity contribution in [2.24, 2.45) is 0 Å². The summed E-state index contributed by atoms with van der Waals surface area (Å²) >= 11 is 0. The molecule has 2 heterocycles. The van der Waals surface area contributed by atoms with Gasteiger partial charge in [0.1, 0.15) is 11.5 Å². The average molecular weight is 342 g/mol. The van der Waals surface area contributed by atoms with Gasteiger partial charge in [-0.1, -0.05) is 6.07 Å². The molecule has 4 rings (SSSR count). The minimum absolute atomic E-state index is 0.0292. The first-order valence-corrected chi connectivity index (χ1v) is 8.95. The molecule has 1 fully saturated rings. The number of benzene rings is 1. The van der Waals surface area contributed by atoms with Gasteiger partial charge in [0.05, 0.1) is 0 Å². The van der Waals surface area contributed by atoms with Crippen molar-refractivity contribution in [1.29, 1.82) is 0 Å². The molecule has 0 saturated carbocycles. The predicted molar refractivity (Wildman–Crippen MR) is 93.7 cm³/mol.